The standard InChI is InChI=1S/C20H25N3O3S/c1-16-6-5-7-19(14-16)27(25,26)21-15-20(24)22-17-8-10-18(11-9-17)23-12-3-2-4-13-23/h5-11,14,21H,2-4,12-13,15H2,1H3,(H,22,24). The Bertz CT molecular complexity index is 889. The molecule has 0 atom stereocenters. The lowest BCUT2D eigenvalue weighted by Gasteiger charge is -2.28. The number of carbonyl (C=O) groups excluding carboxylic acids is 1. The summed E-state index contributed by atoms with van der Waals surface area (Å²) in [4.78, 5) is 14.6. The highest BCUT2D eigenvalue weighted by Gasteiger charge is 2.16. The Kier molecular flexibility index (Phi) is 6.13. The number of rotatable bonds is 6. The zero-order valence-corrected chi connectivity index (χ0v) is 16.3. The van der Waals surface area contributed by atoms with Gasteiger partial charge in [0.1, 0.15) is 0 Å². The third-order valence-corrected chi connectivity index (χ3v) is 5.99. The molecule has 2 N–H and O–H groups in total. The average Bonchev–Trinajstić information content (AvgIpc) is 2.68. The van der Waals surface area contributed by atoms with Crippen molar-refractivity contribution in [2.45, 2.75) is 31.1 Å². The molecule has 7 heteroatoms. The van der Waals surface area contributed by atoms with Crippen LogP contribution in [0.2, 0.25) is 0 Å². The van der Waals surface area contributed by atoms with Crippen molar-refractivity contribution < 1.29 is 13.2 Å². The van der Waals surface area contributed by atoms with E-state index in [1.54, 1.807) is 12.1 Å². The molecule has 0 aromatic heterocycles. The molecule has 27 heavy (non-hydrogen) atoms. The number of carbonyl (C=O) groups is 1. The Morgan fingerprint density at radius 1 is 1.04 bits per heavy atom. The van der Waals surface area contributed by atoms with Gasteiger partial charge < -0.3 is 10.2 Å². The molecule has 0 radical (unpaired) electrons. The number of hydrogen-bond acceptors (Lipinski definition) is 4. The molecule has 1 fully saturated rings. The van der Waals surface area contributed by atoms with Gasteiger partial charge in [-0.1, -0.05) is 12.1 Å². The molecule has 1 saturated heterocycles. The van der Waals surface area contributed by atoms with Crippen molar-refractivity contribution in [3.63, 3.8) is 0 Å². The minimum absolute atomic E-state index is 0.154. The van der Waals surface area contributed by atoms with Gasteiger partial charge in [-0.05, 0) is 68.1 Å². The summed E-state index contributed by atoms with van der Waals surface area (Å²) in [6.45, 7) is 3.63. The summed E-state index contributed by atoms with van der Waals surface area (Å²) >= 11 is 0. The lowest BCUT2D eigenvalue weighted by molar-refractivity contribution is -0.115. The Hall–Kier alpha value is -2.38. The van der Waals surface area contributed by atoms with Crippen molar-refractivity contribution >= 4 is 27.3 Å². The van der Waals surface area contributed by atoms with Crippen LogP contribution in [0.3, 0.4) is 0 Å². The van der Waals surface area contributed by atoms with Crippen LogP contribution in [-0.4, -0.2) is 34.0 Å². The average molecular weight is 388 g/mol. The van der Waals surface area contributed by atoms with E-state index in [0.29, 0.717) is 5.69 Å². The maximum atomic E-state index is 12.3. The van der Waals surface area contributed by atoms with Crippen LogP contribution in [0.25, 0.3) is 0 Å². The van der Waals surface area contributed by atoms with E-state index in [4.69, 9.17) is 0 Å². The third kappa shape index (κ3) is 5.30. The van der Waals surface area contributed by atoms with Crippen LogP contribution in [0.15, 0.2) is 53.4 Å². The van der Waals surface area contributed by atoms with Crippen LogP contribution in [0.1, 0.15) is 24.8 Å². The second-order valence-corrected chi connectivity index (χ2v) is 8.55. The van der Waals surface area contributed by atoms with Gasteiger partial charge in [0.25, 0.3) is 0 Å². The molecule has 0 saturated carbocycles. The Balaban J connectivity index is 1.54. The maximum absolute atomic E-state index is 12.3. The Labute approximate surface area is 160 Å². The number of piperidine rings is 1. The minimum atomic E-state index is -3.71. The van der Waals surface area contributed by atoms with E-state index in [-0.39, 0.29) is 11.4 Å². The highest BCUT2D eigenvalue weighted by Crippen LogP contribution is 2.21. The maximum Gasteiger partial charge on any atom is 0.241 e. The van der Waals surface area contributed by atoms with Gasteiger partial charge in [-0.3, -0.25) is 4.79 Å². The fourth-order valence-electron chi connectivity index (χ4n) is 3.14. The van der Waals surface area contributed by atoms with Crippen molar-refractivity contribution in [2.24, 2.45) is 0 Å². The zero-order valence-electron chi connectivity index (χ0n) is 15.4. The van der Waals surface area contributed by atoms with Gasteiger partial charge in [0.05, 0.1) is 11.4 Å². The topological polar surface area (TPSA) is 78.5 Å². The van der Waals surface area contributed by atoms with Crippen LogP contribution in [0.5, 0.6) is 0 Å². The Morgan fingerprint density at radius 2 is 1.74 bits per heavy atom. The van der Waals surface area contributed by atoms with Gasteiger partial charge in [0.15, 0.2) is 0 Å². The number of sulfonamides is 1. The van der Waals surface area contributed by atoms with E-state index in [9.17, 15) is 13.2 Å². The summed E-state index contributed by atoms with van der Waals surface area (Å²) in [5.41, 5.74) is 2.64. The molecular weight excluding hydrogens is 362 g/mol. The first-order valence-electron chi connectivity index (χ1n) is 9.15. The quantitative estimate of drug-likeness (QED) is 0.799. The van der Waals surface area contributed by atoms with Crippen LogP contribution < -0.4 is 14.9 Å². The van der Waals surface area contributed by atoms with Gasteiger partial charge in [-0.2, -0.15) is 0 Å². The van der Waals surface area contributed by atoms with E-state index in [0.717, 1.165) is 24.3 Å². The fourth-order valence-corrected chi connectivity index (χ4v) is 4.23. The molecule has 0 unspecified atom stereocenters. The smallest absolute Gasteiger partial charge is 0.241 e. The summed E-state index contributed by atoms with van der Waals surface area (Å²) < 4.78 is 26.9. The van der Waals surface area contributed by atoms with Crippen molar-refractivity contribution in [2.75, 3.05) is 29.9 Å². The van der Waals surface area contributed by atoms with E-state index in [1.165, 1.54) is 25.3 Å². The number of nitrogens with zero attached hydrogens (tertiary/aromatic N) is 1. The molecular formula is C20H25N3O3S. The van der Waals surface area contributed by atoms with Gasteiger partial charge in [-0.15, -0.1) is 0 Å². The van der Waals surface area contributed by atoms with E-state index >= 15 is 0 Å². The number of hydrogen-bond donors (Lipinski definition) is 2. The molecule has 3 rings (SSSR count). The Morgan fingerprint density at radius 3 is 2.41 bits per heavy atom. The molecule has 0 bridgehead atoms. The molecule has 1 heterocycles. The lowest BCUT2D eigenvalue weighted by Crippen LogP contribution is -2.33. The molecule has 144 valence electrons. The second kappa shape index (κ2) is 8.54. The highest BCUT2D eigenvalue weighted by atomic mass is 32.2. The summed E-state index contributed by atoms with van der Waals surface area (Å²) in [5.74, 6) is -0.406. The molecule has 0 spiro atoms. The number of benzene rings is 2. The summed E-state index contributed by atoms with van der Waals surface area (Å²) in [6, 6.07) is 14.2. The SMILES string of the molecule is Cc1cccc(S(=O)(=O)NCC(=O)Nc2ccc(N3CCCCC3)cc2)c1. The lowest BCUT2D eigenvalue weighted by atomic mass is 10.1. The second-order valence-electron chi connectivity index (χ2n) is 6.78. The first kappa shape index (κ1) is 19.4. The number of amides is 1. The number of aryl methyl sites for hydroxylation is 1. The summed E-state index contributed by atoms with van der Waals surface area (Å²) in [6.07, 6.45) is 3.70. The first-order chi connectivity index (χ1) is 12.9. The molecule has 1 aliphatic heterocycles. The minimum Gasteiger partial charge on any atom is -0.372 e. The predicted octanol–water partition coefficient (Wildman–Crippen LogP) is 2.90. The van der Waals surface area contributed by atoms with E-state index < -0.39 is 15.9 Å². The molecule has 2 aromatic rings. The highest BCUT2D eigenvalue weighted by molar-refractivity contribution is 7.89. The molecule has 2 aromatic carbocycles. The molecule has 0 aliphatic carbocycles. The largest absolute Gasteiger partial charge is 0.372 e. The predicted molar refractivity (Wildman–Crippen MR) is 108 cm³/mol. The van der Waals surface area contributed by atoms with Gasteiger partial charge in [0.2, 0.25) is 15.9 Å². The molecule has 1 aliphatic rings. The van der Waals surface area contributed by atoms with Crippen molar-refractivity contribution in [1.82, 2.24) is 4.72 Å². The fraction of sp³-hybridized carbons (Fsp3) is 0.350. The first-order valence-corrected chi connectivity index (χ1v) is 10.6. The van der Waals surface area contributed by atoms with E-state index in [1.807, 2.05) is 37.3 Å². The normalized spacial score (nSPS) is 14.8. The van der Waals surface area contributed by atoms with Crippen LogP contribution >= 0.6 is 0 Å². The number of anilines is 2. The summed E-state index contributed by atoms with van der Waals surface area (Å²) in [5, 5.41) is 2.72. The summed E-state index contributed by atoms with van der Waals surface area (Å²) in [7, 11) is -3.71. The monoisotopic (exact) mass is 387 g/mol. The van der Waals surface area contributed by atoms with Crippen molar-refractivity contribution in [3.05, 3.63) is 54.1 Å². The van der Waals surface area contributed by atoms with Crippen LogP contribution in [0, 0.1) is 6.92 Å². The van der Waals surface area contributed by atoms with Crippen molar-refractivity contribution in [1.29, 1.82) is 0 Å². The zero-order chi connectivity index (χ0) is 19.3. The molecule has 6 nitrogen and oxygen atoms in total. The van der Waals surface area contributed by atoms with Crippen LogP contribution in [-0.2, 0) is 14.8 Å². The van der Waals surface area contributed by atoms with Gasteiger partial charge in [0, 0.05) is 24.5 Å². The van der Waals surface area contributed by atoms with Crippen molar-refractivity contribution in [3.8, 4) is 0 Å². The van der Waals surface area contributed by atoms with Gasteiger partial charge >= 0.3 is 0 Å². The third-order valence-electron chi connectivity index (χ3n) is 4.59. The van der Waals surface area contributed by atoms with E-state index in [2.05, 4.69) is 14.9 Å². The molecule has 1 amide bonds. The van der Waals surface area contributed by atoms with Crippen LogP contribution in [0.4, 0.5) is 11.4 Å². The van der Waals surface area contributed by atoms with Gasteiger partial charge in [-0.25, -0.2) is 13.1 Å². The number of nitrogens with one attached hydrogen (secondary N) is 2.